The van der Waals surface area contributed by atoms with Gasteiger partial charge in [0.05, 0.1) is 13.2 Å². The number of carbonyl (C=O) groups excluding carboxylic acids is 1. The van der Waals surface area contributed by atoms with E-state index in [1.807, 2.05) is 0 Å². The van der Waals surface area contributed by atoms with E-state index in [0.29, 0.717) is 23.5 Å². The monoisotopic (exact) mass is 245 g/mol. The van der Waals surface area contributed by atoms with E-state index in [1.54, 1.807) is 0 Å². The lowest BCUT2D eigenvalue weighted by atomic mass is 10.3. The predicted molar refractivity (Wildman–Crippen MR) is 47.6 cm³/mol. The first-order valence-electron chi connectivity index (χ1n) is 3.89. The van der Waals surface area contributed by atoms with Crippen molar-refractivity contribution in [3.8, 4) is 0 Å². The van der Waals surface area contributed by atoms with Gasteiger partial charge >= 0.3 is 0 Å². The average Bonchev–Trinajstić information content (AvgIpc) is 2.27. The molecule has 0 aliphatic carbocycles. The van der Waals surface area contributed by atoms with Crippen molar-refractivity contribution in [3.63, 3.8) is 0 Å². The van der Waals surface area contributed by atoms with Gasteiger partial charge in [-0.3, -0.25) is 4.79 Å². The summed E-state index contributed by atoms with van der Waals surface area (Å²) in [5.74, 6) is -0.0848. The molecule has 70 valence electrons. The van der Waals surface area contributed by atoms with Gasteiger partial charge < -0.3 is 4.74 Å². The summed E-state index contributed by atoms with van der Waals surface area (Å²) < 4.78 is 5.50. The Balaban J connectivity index is 2.28. The van der Waals surface area contributed by atoms with Crippen LogP contribution in [0, 0.1) is 0 Å². The third-order valence-electron chi connectivity index (χ3n) is 1.87. The number of rotatable bonds is 2. The normalized spacial score (nSPS) is 17.1. The summed E-state index contributed by atoms with van der Waals surface area (Å²) >= 11 is 3.18. The molecular formula is C7H8BrN3O2. The van der Waals surface area contributed by atoms with Crippen LogP contribution in [-0.4, -0.2) is 34.0 Å². The summed E-state index contributed by atoms with van der Waals surface area (Å²) in [5, 5.41) is 8.14. The van der Waals surface area contributed by atoms with Crippen molar-refractivity contribution in [1.82, 2.24) is 15.0 Å². The predicted octanol–water partition coefficient (Wildman–Crippen LogP) is 0.814. The Morgan fingerprint density at radius 1 is 1.62 bits per heavy atom. The molecule has 0 atom stereocenters. The third kappa shape index (κ3) is 1.51. The number of Topliss-reactive ketones (excluding diaryl/α,β-unsaturated/α-hetero) is 1. The van der Waals surface area contributed by atoms with Crippen LogP contribution in [0.15, 0.2) is 4.60 Å². The lowest BCUT2D eigenvalue weighted by Crippen LogP contribution is -2.32. The molecule has 0 unspecified atom stereocenters. The summed E-state index contributed by atoms with van der Waals surface area (Å²) in [6, 6.07) is 0.185. The summed E-state index contributed by atoms with van der Waals surface area (Å²) in [7, 11) is 0. The Bertz CT molecular complexity index is 346. The first kappa shape index (κ1) is 8.83. The Hall–Kier alpha value is -0.750. The molecule has 1 aliphatic rings. The zero-order chi connectivity index (χ0) is 9.42. The fourth-order valence-corrected chi connectivity index (χ4v) is 1.56. The highest BCUT2D eigenvalue weighted by Crippen LogP contribution is 2.18. The van der Waals surface area contributed by atoms with Crippen LogP contribution in [0.3, 0.4) is 0 Å². The Morgan fingerprint density at radius 2 is 2.31 bits per heavy atom. The molecule has 0 saturated carbocycles. The first-order valence-corrected chi connectivity index (χ1v) is 4.69. The van der Waals surface area contributed by atoms with Crippen LogP contribution in [0.5, 0.6) is 0 Å². The average molecular weight is 246 g/mol. The van der Waals surface area contributed by atoms with Crippen LogP contribution in [0.25, 0.3) is 0 Å². The van der Waals surface area contributed by atoms with Gasteiger partial charge in [0.25, 0.3) is 0 Å². The molecule has 2 heterocycles. The van der Waals surface area contributed by atoms with E-state index >= 15 is 0 Å². The van der Waals surface area contributed by atoms with Crippen molar-refractivity contribution in [2.75, 3.05) is 13.2 Å². The number of hydrogen-bond donors (Lipinski definition) is 0. The van der Waals surface area contributed by atoms with Gasteiger partial charge in [0.15, 0.2) is 16.1 Å². The molecule has 0 spiro atoms. The van der Waals surface area contributed by atoms with Crippen LogP contribution in [0.2, 0.25) is 0 Å². The summed E-state index contributed by atoms with van der Waals surface area (Å²) in [4.78, 5) is 12.6. The molecule has 0 amide bonds. The smallest absolute Gasteiger partial charge is 0.182 e. The largest absolute Gasteiger partial charge is 0.377 e. The molecule has 1 saturated heterocycles. The maximum Gasteiger partial charge on any atom is 0.182 e. The van der Waals surface area contributed by atoms with E-state index in [0.717, 1.165) is 0 Å². The van der Waals surface area contributed by atoms with E-state index in [1.165, 1.54) is 11.7 Å². The highest BCUT2D eigenvalue weighted by Gasteiger charge is 2.24. The second-order valence-electron chi connectivity index (χ2n) is 2.91. The second-order valence-corrected chi connectivity index (χ2v) is 3.66. The van der Waals surface area contributed by atoms with Crippen LogP contribution in [0.1, 0.15) is 23.5 Å². The van der Waals surface area contributed by atoms with Crippen LogP contribution < -0.4 is 0 Å². The molecule has 1 fully saturated rings. The number of ether oxygens (including phenoxy) is 1. The Morgan fingerprint density at radius 3 is 2.69 bits per heavy atom. The molecule has 1 aromatic rings. The fourth-order valence-electron chi connectivity index (χ4n) is 1.04. The minimum atomic E-state index is -0.0848. The van der Waals surface area contributed by atoms with Crippen molar-refractivity contribution < 1.29 is 9.53 Å². The molecule has 0 aromatic carbocycles. The number of hydrogen-bond acceptors (Lipinski definition) is 4. The van der Waals surface area contributed by atoms with Gasteiger partial charge in [0, 0.05) is 6.92 Å². The Kier molecular flexibility index (Phi) is 2.17. The topological polar surface area (TPSA) is 57.0 Å². The van der Waals surface area contributed by atoms with Gasteiger partial charge in [-0.25, -0.2) is 0 Å². The second kappa shape index (κ2) is 3.19. The van der Waals surface area contributed by atoms with Crippen molar-refractivity contribution in [2.45, 2.75) is 13.0 Å². The zero-order valence-corrected chi connectivity index (χ0v) is 8.61. The van der Waals surface area contributed by atoms with Crippen LogP contribution in [0.4, 0.5) is 0 Å². The lowest BCUT2D eigenvalue weighted by molar-refractivity contribution is -0.0350. The van der Waals surface area contributed by atoms with Gasteiger partial charge in [0.2, 0.25) is 0 Å². The minimum Gasteiger partial charge on any atom is -0.377 e. The molecule has 6 heteroatoms. The van der Waals surface area contributed by atoms with E-state index < -0.39 is 0 Å². The molecule has 2 rings (SSSR count). The van der Waals surface area contributed by atoms with Gasteiger partial charge in [-0.05, 0) is 15.9 Å². The molecular weight excluding hydrogens is 238 g/mol. The van der Waals surface area contributed by atoms with Gasteiger partial charge in [-0.1, -0.05) is 0 Å². The highest BCUT2D eigenvalue weighted by atomic mass is 79.9. The van der Waals surface area contributed by atoms with E-state index in [4.69, 9.17) is 4.74 Å². The van der Waals surface area contributed by atoms with Gasteiger partial charge in [0.1, 0.15) is 6.04 Å². The third-order valence-corrected chi connectivity index (χ3v) is 2.40. The zero-order valence-electron chi connectivity index (χ0n) is 7.03. The summed E-state index contributed by atoms with van der Waals surface area (Å²) in [6.07, 6.45) is 0. The Labute approximate surface area is 83.2 Å². The SMILES string of the molecule is CC(=O)c1nn(C2COC2)nc1Br. The van der Waals surface area contributed by atoms with Crippen LogP contribution >= 0.6 is 15.9 Å². The first-order chi connectivity index (χ1) is 6.18. The van der Waals surface area contributed by atoms with Crippen LogP contribution in [-0.2, 0) is 4.74 Å². The fraction of sp³-hybridized carbons (Fsp3) is 0.571. The lowest BCUT2D eigenvalue weighted by Gasteiger charge is -2.24. The van der Waals surface area contributed by atoms with Crippen molar-refractivity contribution >= 4 is 21.7 Å². The molecule has 1 aromatic heterocycles. The summed E-state index contributed by atoms with van der Waals surface area (Å²) in [6.45, 7) is 2.72. The summed E-state index contributed by atoms with van der Waals surface area (Å²) in [5.41, 5.74) is 0.381. The van der Waals surface area contributed by atoms with Crippen molar-refractivity contribution in [2.24, 2.45) is 0 Å². The number of halogens is 1. The number of carbonyl (C=O) groups is 1. The van der Waals surface area contributed by atoms with E-state index in [9.17, 15) is 4.79 Å². The molecule has 13 heavy (non-hydrogen) atoms. The molecule has 0 N–H and O–H groups in total. The van der Waals surface area contributed by atoms with Crippen molar-refractivity contribution in [3.05, 3.63) is 10.3 Å². The molecule has 0 bridgehead atoms. The number of nitrogens with zero attached hydrogens (tertiary/aromatic N) is 3. The maximum absolute atomic E-state index is 11.0. The maximum atomic E-state index is 11.0. The van der Waals surface area contributed by atoms with E-state index in [2.05, 4.69) is 26.1 Å². The van der Waals surface area contributed by atoms with Gasteiger partial charge in [-0.15, -0.1) is 10.2 Å². The van der Waals surface area contributed by atoms with E-state index in [-0.39, 0.29) is 11.8 Å². The molecule has 5 nitrogen and oxygen atoms in total. The highest BCUT2D eigenvalue weighted by molar-refractivity contribution is 9.10. The van der Waals surface area contributed by atoms with Crippen molar-refractivity contribution in [1.29, 1.82) is 0 Å². The molecule has 1 aliphatic heterocycles. The minimum absolute atomic E-state index is 0.0848. The molecule has 0 radical (unpaired) electrons. The standard InChI is InChI=1S/C7H8BrN3O2/c1-4(12)6-7(8)10-11(9-6)5-2-13-3-5/h5H,2-3H2,1H3. The van der Waals surface area contributed by atoms with Gasteiger partial charge in [-0.2, -0.15) is 4.80 Å². The number of ketones is 1. The quantitative estimate of drug-likeness (QED) is 0.724. The number of aromatic nitrogens is 3.